The third-order valence-electron chi connectivity index (χ3n) is 4.84. The van der Waals surface area contributed by atoms with Crippen LogP contribution < -0.4 is 10.2 Å². The van der Waals surface area contributed by atoms with Crippen LogP contribution in [0.1, 0.15) is 26.2 Å². The molecular formula is C21H27FN4O2. The van der Waals surface area contributed by atoms with Crippen LogP contribution >= 0.6 is 0 Å². The van der Waals surface area contributed by atoms with Gasteiger partial charge in [-0.05, 0) is 43.9 Å². The molecule has 1 atom stereocenters. The van der Waals surface area contributed by atoms with Gasteiger partial charge < -0.3 is 15.0 Å². The molecule has 1 aliphatic heterocycles. The minimum Gasteiger partial charge on any atom is -0.382 e. The molecule has 1 N–H and O–H groups in total. The first-order valence-electron chi connectivity index (χ1n) is 9.85. The second-order valence-electron chi connectivity index (χ2n) is 6.91. The number of carbonyl (C=O) groups excluding carboxylic acids is 1. The molecule has 6 nitrogen and oxygen atoms in total. The third kappa shape index (κ3) is 5.48. The summed E-state index contributed by atoms with van der Waals surface area (Å²) in [6.45, 7) is 5.39. The van der Waals surface area contributed by atoms with E-state index in [4.69, 9.17) is 4.74 Å². The Kier molecular flexibility index (Phi) is 7.31. The molecule has 1 amide bonds. The number of piperidine rings is 1. The number of amides is 1. The minimum absolute atomic E-state index is 0.0626. The zero-order valence-electron chi connectivity index (χ0n) is 16.2. The number of aromatic nitrogens is 2. The monoisotopic (exact) mass is 386 g/mol. The Labute approximate surface area is 165 Å². The Balaban J connectivity index is 1.55. The van der Waals surface area contributed by atoms with E-state index in [1.807, 2.05) is 17.9 Å². The maximum Gasteiger partial charge on any atom is 0.225 e. The number of rotatable bonds is 8. The van der Waals surface area contributed by atoms with Crippen LogP contribution in [-0.4, -0.2) is 48.7 Å². The summed E-state index contributed by atoms with van der Waals surface area (Å²) in [7, 11) is 0. The maximum absolute atomic E-state index is 13.4. The van der Waals surface area contributed by atoms with Gasteiger partial charge in [-0.1, -0.05) is 12.1 Å². The summed E-state index contributed by atoms with van der Waals surface area (Å²) in [5, 5.41) is 3.00. The molecule has 0 bridgehead atoms. The lowest BCUT2D eigenvalue weighted by Gasteiger charge is -2.32. The van der Waals surface area contributed by atoms with E-state index in [1.54, 1.807) is 18.5 Å². The van der Waals surface area contributed by atoms with Crippen molar-refractivity contribution in [3.8, 4) is 11.1 Å². The van der Waals surface area contributed by atoms with Gasteiger partial charge in [-0.2, -0.15) is 0 Å². The molecule has 0 saturated carbocycles. The van der Waals surface area contributed by atoms with Crippen molar-refractivity contribution in [2.24, 2.45) is 5.92 Å². The van der Waals surface area contributed by atoms with Crippen molar-refractivity contribution in [3.05, 3.63) is 42.5 Å². The quantitative estimate of drug-likeness (QED) is 0.707. The average molecular weight is 386 g/mol. The molecule has 1 aromatic heterocycles. The van der Waals surface area contributed by atoms with E-state index in [0.29, 0.717) is 32.3 Å². The minimum atomic E-state index is -0.285. The second-order valence-corrected chi connectivity index (χ2v) is 6.91. The lowest BCUT2D eigenvalue weighted by atomic mass is 9.97. The van der Waals surface area contributed by atoms with Crippen LogP contribution in [0.25, 0.3) is 11.1 Å². The van der Waals surface area contributed by atoms with Crippen molar-refractivity contribution >= 4 is 11.9 Å². The first kappa shape index (κ1) is 20.2. The number of hydrogen-bond acceptors (Lipinski definition) is 5. The summed E-state index contributed by atoms with van der Waals surface area (Å²) in [6.07, 6.45) is 6.02. The molecule has 2 aromatic rings. The van der Waals surface area contributed by atoms with Gasteiger partial charge in [0, 0.05) is 50.8 Å². The number of nitrogens with zero attached hydrogens (tertiary/aromatic N) is 3. The largest absolute Gasteiger partial charge is 0.382 e. The number of anilines is 1. The summed E-state index contributed by atoms with van der Waals surface area (Å²) in [6, 6.07) is 6.37. The summed E-state index contributed by atoms with van der Waals surface area (Å²) >= 11 is 0. The van der Waals surface area contributed by atoms with E-state index < -0.39 is 0 Å². The van der Waals surface area contributed by atoms with Crippen LogP contribution in [0.2, 0.25) is 0 Å². The molecule has 1 aliphatic rings. The van der Waals surface area contributed by atoms with Gasteiger partial charge >= 0.3 is 0 Å². The summed E-state index contributed by atoms with van der Waals surface area (Å²) in [5.41, 5.74) is 1.51. The molecular weight excluding hydrogens is 359 g/mol. The van der Waals surface area contributed by atoms with Crippen molar-refractivity contribution in [2.75, 3.05) is 37.7 Å². The fraction of sp³-hybridized carbons (Fsp3) is 0.476. The van der Waals surface area contributed by atoms with Crippen molar-refractivity contribution in [1.82, 2.24) is 15.3 Å². The van der Waals surface area contributed by atoms with Gasteiger partial charge in [-0.25, -0.2) is 14.4 Å². The van der Waals surface area contributed by atoms with Crippen molar-refractivity contribution in [2.45, 2.75) is 26.2 Å². The van der Waals surface area contributed by atoms with E-state index >= 15 is 0 Å². The lowest BCUT2D eigenvalue weighted by molar-refractivity contribution is -0.125. The van der Waals surface area contributed by atoms with Crippen molar-refractivity contribution < 1.29 is 13.9 Å². The molecule has 2 heterocycles. The number of nitrogens with one attached hydrogen (secondary N) is 1. The highest BCUT2D eigenvalue weighted by Crippen LogP contribution is 2.23. The van der Waals surface area contributed by atoms with E-state index in [2.05, 4.69) is 15.3 Å². The molecule has 1 aromatic carbocycles. The number of benzene rings is 1. The van der Waals surface area contributed by atoms with Gasteiger partial charge in [0.2, 0.25) is 11.9 Å². The van der Waals surface area contributed by atoms with Crippen LogP contribution in [0.3, 0.4) is 0 Å². The van der Waals surface area contributed by atoms with Gasteiger partial charge in [-0.3, -0.25) is 4.79 Å². The Hall–Kier alpha value is -2.54. The molecule has 0 spiro atoms. The van der Waals surface area contributed by atoms with E-state index in [9.17, 15) is 9.18 Å². The number of hydrogen-bond donors (Lipinski definition) is 1. The molecule has 3 rings (SSSR count). The zero-order chi connectivity index (χ0) is 19.8. The summed E-state index contributed by atoms with van der Waals surface area (Å²) < 4.78 is 18.7. The number of halogens is 1. The second kappa shape index (κ2) is 10.1. The van der Waals surface area contributed by atoms with E-state index in [1.165, 1.54) is 12.1 Å². The molecule has 7 heteroatoms. The molecule has 0 radical (unpaired) electrons. The highest BCUT2D eigenvalue weighted by molar-refractivity contribution is 5.79. The fourth-order valence-corrected chi connectivity index (χ4v) is 3.35. The molecule has 1 saturated heterocycles. The Morgan fingerprint density at radius 1 is 1.32 bits per heavy atom. The Morgan fingerprint density at radius 3 is 2.89 bits per heavy atom. The Bertz CT molecular complexity index is 769. The van der Waals surface area contributed by atoms with E-state index in [-0.39, 0.29) is 17.6 Å². The van der Waals surface area contributed by atoms with Crippen LogP contribution in [0.15, 0.2) is 36.7 Å². The van der Waals surface area contributed by atoms with Crippen LogP contribution in [0, 0.1) is 11.7 Å². The SMILES string of the molecule is CCOCCCNC(=O)[C@@H]1CCCN(c2ncc(-c3cccc(F)c3)cn2)C1. The molecule has 28 heavy (non-hydrogen) atoms. The zero-order valence-corrected chi connectivity index (χ0v) is 16.2. The van der Waals surface area contributed by atoms with Crippen molar-refractivity contribution in [3.63, 3.8) is 0 Å². The maximum atomic E-state index is 13.4. The van der Waals surface area contributed by atoms with Crippen LogP contribution in [-0.2, 0) is 9.53 Å². The van der Waals surface area contributed by atoms with Crippen LogP contribution in [0.5, 0.6) is 0 Å². The lowest BCUT2D eigenvalue weighted by Crippen LogP contribution is -2.44. The van der Waals surface area contributed by atoms with E-state index in [0.717, 1.165) is 36.9 Å². The number of ether oxygens (including phenoxy) is 1. The number of carbonyl (C=O) groups is 1. The third-order valence-corrected chi connectivity index (χ3v) is 4.84. The highest BCUT2D eigenvalue weighted by Gasteiger charge is 2.26. The van der Waals surface area contributed by atoms with Gasteiger partial charge in [0.1, 0.15) is 5.82 Å². The topological polar surface area (TPSA) is 67.3 Å². The predicted molar refractivity (Wildman–Crippen MR) is 106 cm³/mol. The molecule has 150 valence electrons. The van der Waals surface area contributed by atoms with Gasteiger partial charge in [-0.15, -0.1) is 0 Å². The first-order chi connectivity index (χ1) is 13.7. The Morgan fingerprint density at radius 2 is 2.14 bits per heavy atom. The molecule has 0 unspecified atom stereocenters. The first-order valence-corrected chi connectivity index (χ1v) is 9.85. The van der Waals surface area contributed by atoms with Crippen molar-refractivity contribution in [1.29, 1.82) is 0 Å². The molecule has 0 aliphatic carbocycles. The van der Waals surface area contributed by atoms with Gasteiger partial charge in [0.05, 0.1) is 5.92 Å². The standard InChI is InChI=1S/C21H27FN4O2/c1-2-28-11-5-9-23-20(27)17-7-4-10-26(15-17)21-24-13-18(14-25-21)16-6-3-8-19(22)12-16/h3,6,8,12-14,17H,2,4-5,7,9-11,15H2,1H3,(H,23,27)/t17-/m1/s1. The van der Waals surface area contributed by atoms with Gasteiger partial charge in [0.15, 0.2) is 0 Å². The van der Waals surface area contributed by atoms with Crippen LogP contribution in [0.4, 0.5) is 10.3 Å². The summed E-state index contributed by atoms with van der Waals surface area (Å²) in [5.74, 6) is 0.339. The fourth-order valence-electron chi connectivity index (χ4n) is 3.35. The highest BCUT2D eigenvalue weighted by atomic mass is 19.1. The molecule has 1 fully saturated rings. The summed E-state index contributed by atoms with van der Waals surface area (Å²) in [4.78, 5) is 23.4. The van der Waals surface area contributed by atoms with Gasteiger partial charge in [0.25, 0.3) is 0 Å². The predicted octanol–water partition coefficient (Wildman–Crippen LogP) is 3.04. The average Bonchev–Trinajstić information content (AvgIpc) is 2.74. The normalized spacial score (nSPS) is 16.8. The smallest absolute Gasteiger partial charge is 0.225 e.